The Hall–Kier alpha value is -1.25. The van der Waals surface area contributed by atoms with E-state index in [0.29, 0.717) is 17.2 Å². The van der Waals surface area contributed by atoms with Crippen LogP contribution in [-0.2, 0) is 0 Å². The van der Waals surface area contributed by atoms with E-state index in [1.807, 2.05) is 13.8 Å². The third-order valence-electron chi connectivity index (χ3n) is 3.29. The topological polar surface area (TPSA) is 50.4 Å². The van der Waals surface area contributed by atoms with Crippen LogP contribution in [0.4, 0.5) is 0 Å². The largest absolute Gasteiger partial charge is 0.478 e. The molecule has 1 aromatic rings. The molecule has 0 aromatic carbocycles. The number of hydrogen-bond donors (Lipinski definition) is 1. The standard InChI is InChI=1S/C13H18O3/c1-8(2)12-10(13(14)15)7-11(16-12)9-5-3-4-6-9/h7-9H,3-6H2,1-2H3,(H,14,15). The molecule has 0 amide bonds. The molecule has 1 heterocycles. The Kier molecular flexibility index (Phi) is 3.03. The van der Waals surface area contributed by atoms with Crippen LogP contribution in [0, 0.1) is 0 Å². The number of furan rings is 1. The summed E-state index contributed by atoms with van der Waals surface area (Å²) in [7, 11) is 0. The van der Waals surface area contributed by atoms with E-state index in [1.54, 1.807) is 6.07 Å². The predicted octanol–water partition coefficient (Wildman–Crippen LogP) is 3.76. The summed E-state index contributed by atoms with van der Waals surface area (Å²) < 4.78 is 5.74. The Labute approximate surface area is 95.5 Å². The Morgan fingerprint density at radius 2 is 2.06 bits per heavy atom. The van der Waals surface area contributed by atoms with Crippen molar-refractivity contribution in [1.29, 1.82) is 0 Å². The number of hydrogen-bond acceptors (Lipinski definition) is 2. The van der Waals surface area contributed by atoms with Crippen molar-refractivity contribution in [2.75, 3.05) is 0 Å². The normalized spacial score (nSPS) is 17.2. The third-order valence-corrected chi connectivity index (χ3v) is 3.29. The first-order valence-corrected chi connectivity index (χ1v) is 5.96. The first-order valence-electron chi connectivity index (χ1n) is 5.96. The first-order chi connectivity index (χ1) is 7.59. The highest BCUT2D eigenvalue weighted by atomic mass is 16.4. The van der Waals surface area contributed by atoms with Crippen molar-refractivity contribution in [3.05, 3.63) is 23.2 Å². The Morgan fingerprint density at radius 1 is 1.44 bits per heavy atom. The fourth-order valence-electron chi connectivity index (χ4n) is 2.43. The molecule has 88 valence electrons. The van der Waals surface area contributed by atoms with Gasteiger partial charge >= 0.3 is 5.97 Å². The molecule has 2 rings (SSSR count). The molecule has 0 spiro atoms. The van der Waals surface area contributed by atoms with Gasteiger partial charge < -0.3 is 9.52 Å². The first kappa shape index (κ1) is 11.2. The molecule has 3 heteroatoms. The second kappa shape index (κ2) is 4.32. The zero-order chi connectivity index (χ0) is 11.7. The zero-order valence-corrected chi connectivity index (χ0v) is 9.82. The minimum Gasteiger partial charge on any atom is -0.478 e. The van der Waals surface area contributed by atoms with Gasteiger partial charge in [-0.15, -0.1) is 0 Å². The third kappa shape index (κ3) is 1.99. The fraction of sp³-hybridized carbons (Fsp3) is 0.615. The van der Waals surface area contributed by atoms with Crippen LogP contribution in [0.3, 0.4) is 0 Å². The summed E-state index contributed by atoms with van der Waals surface area (Å²) >= 11 is 0. The quantitative estimate of drug-likeness (QED) is 0.847. The minimum absolute atomic E-state index is 0.126. The van der Waals surface area contributed by atoms with Crippen molar-refractivity contribution >= 4 is 5.97 Å². The smallest absolute Gasteiger partial charge is 0.339 e. The van der Waals surface area contributed by atoms with Crippen molar-refractivity contribution in [3.63, 3.8) is 0 Å². The molecule has 1 aliphatic carbocycles. The van der Waals surface area contributed by atoms with E-state index in [4.69, 9.17) is 9.52 Å². The van der Waals surface area contributed by atoms with Crippen LogP contribution in [0.1, 0.15) is 73.2 Å². The molecule has 16 heavy (non-hydrogen) atoms. The molecule has 0 unspecified atom stereocenters. The Bertz CT molecular complexity index is 384. The van der Waals surface area contributed by atoms with Gasteiger partial charge in [0.05, 0.1) is 0 Å². The second-order valence-electron chi connectivity index (χ2n) is 4.87. The van der Waals surface area contributed by atoms with Crippen molar-refractivity contribution < 1.29 is 14.3 Å². The van der Waals surface area contributed by atoms with Crippen LogP contribution in [0.5, 0.6) is 0 Å². The van der Waals surface area contributed by atoms with Crippen LogP contribution >= 0.6 is 0 Å². The van der Waals surface area contributed by atoms with Gasteiger partial charge in [0.15, 0.2) is 0 Å². The van der Waals surface area contributed by atoms with Gasteiger partial charge in [0.2, 0.25) is 0 Å². The summed E-state index contributed by atoms with van der Waals surface area (Å²) in [6.45, 7) is 3.92. The maximum Gasteiger partial charge on any atom is 0.339 e. The average Bonchev–Trinajstić information content (AvgIpc) is 2.86. The molecule has 1 aliphatic rings. The lowest BCUT2D eigenvalue weighted by atomic mass is 10.0. The van der Waals surface area contributed by atoms with Crippen molar-refractivity contribution in [3.8, 4) is 0 Å². The van der Waals surface area contributed by atoms with E-state index in [0.717, 1.165) is 18.6 Å². The fourth-order valence-corrected chi connectivity index (χ4v) is 2.43. The van der Waals surface area contributed by atoms with Gasteiger partial charge in [-0.1, -0.05) is 26.7 Å². The summed E-state index contributed by atoms with van der Waals surface area (Å²) in [5.41, 5.74) is 0.344. The predicted molar refractivity (Wildman–Crippen MR) is 61.0 cm³/mol. The molecule has 0 radical (unpaired) electrons. The van der Waals surface area contributed by atoms with Crippen molar-refractivity contribution in [1.82, 2.24) is 0 Å². The highest BCUT2D eigenvalue weighted by Gasteiger charge is 2.25. The van der Waals surface area contributed by atoms with E-state index in [-0.39, 0.29) is 5.92 Å². The minimum atomic E-state index is -0.878. The number of carbonyl (C=O) groups is 1. The van der Waals surface area contributed by atoms with E-state index in [1.165, 1.54) is 12.8 Å². The molecule has 1 aromatic heterocycles. The van der Waals surface area contributed by atoms with Gasteiger partial charge in [0, 0.05) is 11.8 Å². The number of rotatable bonds is 3. The summed E-state index contributed by atoms with van der Waals surface area (Å²) in [4.78, 5) is 11.1. The van der Waals surface area contributed by atoms with E-state index in [2.05, 4.69) is 0 Å². The molecule has 1 fully saturated rings. The molecule has 3 nitrogen and oxygen atoms in total. The van der Waals surface area contributed by atoms with Gasteiger partial charge in [-0.3, -0.25) is 0 Å². The van der Waals surface area contributed by atoms with E-state index < -0.39 is 5.97 Å². The van der Waals surface area contributed by atoms with E-state index in [9.17, 15) is 4.79 Å². The van der Waals surface area contributed by atoms with Crippen molar-refractivity contribution in [2.24, 2.45) is 0 Å². The summed E-state index contributed by atoms with van der Waals surface area (Å²) in [6, 6.07) is 1.73. The lowest BCUT2D eigenvalue weighted by molar-refractivity contribution is 0.0694. The van der Waals surface area contributed by atoms with Gasteiger partial charge in [-0.2, -0.15) is 0 Å². The monoisotopic (exact) mass is 222 g/mol. The zero-order valence-electron chi connectivity index (χ0n) is 9.82. The Balaban J connectivity index is 2.34. The summed E-state index contributed by atoms with van der Waals surface area (Å²) in [6.07, 6.45) is 4.71. The van der Waals surface area contributed by atoms with Crippen LogP contribution in [-0.4, -0.2) is 11.1 Å². The van der Waals surface area contributed by atoms with Gasteiger partial charge in [-0.25, -0.2) is 4.79 Å². The second-order valence-corrected chi connectivity index (χ2v) is 4.87. The number of aromatic carboxylic acids is 1. The molecular formula is C13H18O3. The Morgan fingerprint density at radius 3 is 2.50 bits per heavy atom. The summed E-state index contributed by atoms with van der Waals surface area (Å²) in [5, 5.41) is 9.11. The highest BCUT2D eigenvalue weighted by Crippen LogP contribution is 2.37. The number of carboxylic acid groups (broad SMARTS) is 1. The number of carboxylic acids is 1. The van der Waals surface area contributed by atoms with Gasteiger partial charge in [0.25, 0.3) is 0 Å². The summed E-state index contributed by atoms with van der Waals surface area (Å²) in [5.74, 6) is 1.18. The SMILES string of the molecule is CC(C)c1oc(C2CCCC2)cc1C(=O)O. The van der Waals surface area contributed by atoms with Crippen LogP contribution in [0.25, 0.3) is 0 Å². The molecule has 0 aliphatic heterocycles. The maximum atomic E-state index is 11.1. The molecule has 1 saturated carbocycles. The van der Waals surface area contributed by atoms with Crippen LogP contribution < -0.4 is 0 Å². The molecule has 1 N–H and O–H groups in total. The maximum absolute atomic E-state index is 11.1. The average molecular weight is 222 g/mol. The van der Waals surface area contributed by atoms with Crippen LogP contribution in [0.15, 0.2) is 10.5 Å². The van der Waals surface area contributed by atoms with E-state index >= 15 is 0 Å². The molecular weight excluding hydrogens is 204 g/mol. The lowest BCUT2D eigenvalue weighted by Crippen LogP contribution is -1.99. The molecule has 0 atom stereocenters. The molecule has 0 saturated heterocycles. The molecule has 0 bridgehead atoms. The van der Waals surface area contributed by atoms with Gasteiger partial charge in [0.1, 0.15) is 17.1 Å². The van der Waals surface area contributed by atoms with Gasteiger partial charge in [-0.05, 0) is 18.9 Å². The lowest BCUT2D eigenvalue weighted by Gasteiger charge is -2.05. The highest BCUT2D eigenvalue weighted by molar-refractivity contribution is 5.89. The van der Waals surface area contributed by atoms with Crippen LogP contribution in [0.2, 0.25) is 0 Å². The van der Waals surface area contributed by atoms with Crippen molar-refractivity contribution in [2.45, 2.75) is 51.4 Å².